The van der Waals surface area contributed by atoms with Gasteiger partial charge >= 0.3 is 0 Å². The Morgan fingerprint density at radius 2 is 2.28 bits per heavy atom. The largest absolute Gasteiger partial charge is 0.504 e. The third-order valence-corrected chi connectivity index (χ3v) is 2.74. The first kappa shape index (κ1) is 12.6. The number of benzene rings is 1. The van der Waals surface area contributed by atoms with Crippen molar-refractivity contribution in [1.29, 1.82) is 0 Å². The van der Waals surface area contributed by atoms with Crippen LogP contribution in [0.3, 0.4) is 0 Å². The first-order chi connectivity index (χ1) is 8.60. The van der Waals surface area contributed by atoms with Gasteiger partial charge in [-0.2, -0.15) is 5.10 Å². The van der Waals surface area contributed by atoms with Crippen LogP contribution in [0.5, 0.6) is 11.5 Å². The van der Waals surface area contributed by atoms with Crippen LogP contribution in [0.15, 0.2) is 24.5 Å². The molecule has 0 unspecified atom stereocenters. The van der Waals surface area contributed by atoms with Crippen molar-refractivity contribution in [3.05, 3.63) is 35.1 Å². The summed E-state index contributed by atoms with van der Waals surface area (Å²) in [4.78, 5) is 0. The number of anilines is 1. The van der Waals surface area contributed by atoms with Crippen molar-refractivity contribution in [2.45, 2.75) is 6.54 Å². The molecular formula is C12H14ClN3O2. The summed E-state index contributed by atoms with van der Waals surface area (Å²) in [6.45, 7) is 0.439. The Morgan fingerprint density at radius 1 is 1.50 bits per heavy atom. The molecule has 2 aromatic rings. The van der Waals surface area contributed by atoms with Gasteiger partial charge < -0.3 is 15.2 Å². The zero-order valence-corrected chi connectivity index (χ0v) is 10.9. The Bertz CT molecular complexity index is 554. The van der Waals surface area contributed by atoms with E-state index in [4.69, 9.17) is 16.3 Å². The molecule has 0 bridgehead atoms. The number of nitrogens with zero attached hydrogens (tertiary/aromatic N) is 2. The van der Waals surface area contributed by atoms with E-state index in [0.717, 1.165) is 5.69 Å². The van der Waals surface area contributed by atoms with Crippen LogP contribution in [0.1, 0.15) is 5.56 Å². The monoisotopic (exact) mass is 267 g/mol. The number of ether oxygens (including phenoxy) is 1. The van der Waals surface area contributed by atoms with Crippen LogP contribution in [-0.4, -0.2) is 22.0 Å². The Kier molecular flexibility index (Phi) is 3.62. The summed E-state index contributed by atoms with van der Waals surface area (Å²) in [5.74, 6) is 0.462. The van der Waals surface area contributed by atoms with Gasteiger partial charge in [0.2, 0.25) is 0 Å². The van der Waals surface area contributed by atoms with Gasteiger partial charge in [-0.15, -0.1) is 0 Å². The van der Waals surface area contributed by atoms with Gasteiger partial charge in [0.15, 0.2) is 11.5 Å². The van der Waals surface area contributed by atoms with Crippen LogP contribution in [0.25, 0.3) is 0 Å². The molecule has 0 aliphatic rings. The molecule has 1 aromatic heterocycles. The second-order valence-corrected chi connectivity index (χ2v) is 4.31. The van der Waals surface area contributed by atoms with Gasteiger partial charge in [-0.25, -0.2) is 0 Å². The van der Waals surface area contributed by atoms with Crippen molar-refractivity contribution in [1.82, 2.24) is 9.78 Å². The van der Waals surface area contributed by atoms with Crippen molar-refractivity contribution in [2.24, 2.45) is 7.05 Å². The lowest BCUT2D eigenvalue weighted by molar-refractivity contribution is 0.371. The van der Waals surface area contributed by atoms with Gasteiger partial charge in [0.1, 0.15) is 0 Å². The second-order valence-electron chi connectivity index (χ2n) is 3.87. The lowest BCUT2D eigenvalue weighted by Gasteiger charge is -2.10. The van der Waals surface area contributed by atoms with Crippen molar-refractivity contribution in [2.75, 3.05) is 12.4 Å². The highest BCUT2D eigenvalue weighted by atomic mass is 35.5. The average molecular weight is 268 g/mol. The van der Waals surface area contributed by atoms with Crippen LogP contribution < -0.4 is 10.1 Å². The molecule has 1 aromatic carbocycles. The van der Waals surface area contributed by atoms with Gasteiger partial charge in [0.05, 0.1) is 19.0 Å². The minimum Gasteiger partial charge on any atom is -0.504 e. The molecule has 0 saturated carbocycles. The third kappa shape index (κ3) is 2.68. The van der Waals surface area contributed by atoms with Crippen molar-refractivity contribution in [3.8, 4) is 11.5 Å². The number of aromatic nitrogens is 2. The van der Waals surface area contributed by atoms with Gasteiger partial charge in [0.25, 0.3) is 0 Å². The van der Waals surface area contributed by atoms with Crippen molar-refractivity contribution in [3.63, 3.8) is 0 Å². The topological polar surface area (TPSA) is 59.3 Å². The number of aryl methyl sites for hydroxylation is 1. The Morgan fingerprint density at radius 3 is 2.89 bits per heavy atom. The summed E-state index contributed by atoms with van der Waals surface area (Å²) in [6.07, 6.45) is 3.55. The van der Waals surface area contributed by atoms with Gasteiger partial charge in [-0.1, -0.05) is 11.6 Å². The number of halogens is 1. The lowest BCUT2D eigenvalue weighted by atomic mass is 10.2. The molecule has 0 saturated heterocycles. The summed E-state index contributed by atoms with van der Waals surface area (Å²) < 4.78 is 6.74. The van der Waals surface area contributed by atoms with E-state index in [9.17, 15) is 5.11 Å². The second kappa shape index (κ2) is 5.18. The molecule has 2 rings (SSSR count). The molecule has 0 aliphatic heterocycles. The Balaban J connectivity index is 2.16. The normalized spacial score (nSPS) is 10.4. The quantitative estimate of drug-likeness (QED) is 0.893. The number of phenols is 1. The maximum atomic E-state index is 9.95. The molecule has 0 spiro atoms. The number of aromatic hydroxyl groups is 1. The minimum absolute atomic E-state index is 0.0956. The van der Waals surface area contributed by atoms with Gasteiger partial charge in [-0.3, -0.25) is 4.68 Å². The van der Waals surface area contributed by atoms with Crippen LogP contribution in [0.4, 0.5) is 5.69 Å². The highest BCUT2D eigenvalue weighted by Crippen LogP contribution is 2.33. The predicted molar refractivity (Wildman–Crippen MR) is 70.2 cm³/mol. The molecule has 0 fully saturated rings. The molecule has 0 radical (unpaired) electrons. The molecule has 5 nitrogen and oxygen atoms in total. The van der Waals surface area contributed by atoms with E-state index in [1.165, 1.54) is 7.11 Å². The molecule has 0 amide bonds. The zero-order valence-electron chi connectivity index (χ0n) is 10.1. The summed E-state index contributed by atoms with van der Waals surface area (Å²) >= 11 is 5.95. The number of hydrogen-bond acceptors (Lipinski definition) is 4. The molecule has 6 heteroatoms. The number of hydrogen-bond donors (Lipinski definition) is 2. The number of phenolic OH excluding ortho intramolecular Hbond substituents is 1. The number of nitrogens with one attached hydrogen (secondary N) is 1. The van der Waals surface area contributed by atoms with Crippen LogP contribution in [0, 0.1) is 0 Å². The van der Waals surface area contributed by atoms with E-state index in [1.54, 1.807) is 23.0 Å². The molecule has 18 heavy (non-hydrogen) atoms. The first-order valence-corrected chi connectivity index (χ1v) is 5.76. The fraction of sp³-hybridized carbons (Fsp3) is 0.250. The molecule has 2 N–H and O–H groups in total. The van der Waals surface area contributed by atoms with E-state index in [-0.39, 0.29) is 5.75 Å². The van der Waals surface area contributed by atoms with Crippen LogP contribution in [0.2, 0.25) is 5.02 Å². The third-order valence-electron chi connectivity index (χ3n) is 2.53. The Hall–Kier alpha value is -1.88. The summed E-state index contributed by atoms with van der Waals surface area (Å²) in [5, 5.41) is 17.7. The van der Waals surface area contributed by atoms with E-state index in [0.29, 0.717) is 22.9 Å². The molecule has 96 valence electrons. The summed E-state index contributed by atoms with van der Waals surface area (Å²) in [5.41, 5.74) is 1.54. The average Bonchev–Trinajstić information content (AvgIpc) is 2.75. The highest BCUT2D eigenvalue weighted by molar-refractivity contribution is 6.30. The number of methoxy groups -OCH3 is 1. The van der Waals surface area contributed by atoms with Crippen molar-refractivity contribution >= 4 is 17.3 Å². The molecular weight excluding hydrogens is 254 g/mol. The van der Waals surface area contributed by atoms with Gasteiger partial charge in [-0.05, 0) is 6.07 Å². The standard InChI is InChI=1S/C12H14ClN3O2/c1-16-7-10(6-15-16)14-5-8-3-9(13)4-11(18-2)12(8)17/h3-4,6-7,14,17H,5H2,1-2H3. The predicted octanol–water partition coefficient (Wildman–Crippen LogP) is 2.40. The summed E-state index contributed by atoms with van der Waals surface area (Å²) in [6, 6.07) is 3.27. The Labute approximate surface area is 110 Å². The first-order valence-electron chi connectivity index (χ1n) is 5.38. The van der Waals surface area contributed by atoms with E-state index in [2.05, 4.69) is 10.4 Å². The van der Waals surface area contributed by atoms with Crippen LogP contribution >= 0.6 is 11.6 Å². The fourth-order valence-corrected chi connectivity index (χ4v) is 1.86. The minimum atomic E-state index is 0.0956. The van der Waals surface area contributed by atoms with Gasteiger partial charge in [0, 0.05) is 36.4 Å². The molecule has 0 aliphatic carbocycles. The van der Waals surface area contributed by atoms with Crippen molar-refractivity contribution < 1.29 is 9.84 Å². The van der Waals surface area contributed by atoms with E-state index >= 15 is 0 Å². The lowest BCUT2D eigenvalue weighted by Crippen LogP contribution is -2.00. The maximum absolute atomic E-state index is 9.95. The molecule has 1 heterocycles. The fourth-order valence-electron chi connectivity index (χ4n) is 1.63. The van der Waals surface area contributed by atoms with E-state index in [1.807, 2.05) is 13.2 Å². The SMILES string of the molecule is COc1cc(Cl)cc(CNc2cnn(C)c2)c1O. The van der Waals surface area contributed by atoms with E-state index < -0.39 is 0 Å². The number of rotatable bonds is 4. The maximum Gasteiger partial charge on any atom is 0.162 e. The highest BCUT2D eigenvalue weighted by Gasteiger charge is 2.10. The summed E-state index contributed by atoms with van der Waals surface area (Å²) in [7, 11) is 3.33. The van der Waals surface area contributed by atoms with Crippen LogP contribution in [-0.2, 0) is 13.6 Å². The zero-order chi connectivity index (χ0) is 13.1. The molecule has 0 atom stereocenters. The smallest absolute Gasteiger partial charge is 0.162 e.